The highest BCUT2D eigenvalue weighted by atomic mass is 16.5. The molecule has 0 amide bonds. The van der Waals surface area contributed by atoms with E-state index in [4.69, 9.17) is 4.74 Å². The summed E-state index contributed by atoms with van der Waals surface area (Å²) in [7, 11) is 0. The van der Waals surface area contributed by atoms with E-state index >= 15 is 0 Å². The second-order valence-corrected chi connectivity index (χ2v) is 11.1. The number of ether oxygens (including phenoxy) is 1. The molecule has 3 aliphatic carbocycles. The zero-order chi connectivity index (χ0) is 22.2. The molecule has 1 aliphatic heterocycles. The van der Waals surface area contributed by atoms with Crippen LogP contribution in [0.15, 0.2) is 35.5 Å². The summed E-state index contributed by atoms with van der Waals surface area (Å²) in [5, 5.41) is 20.3. The van der Waals surface area contributed by atoms with Crippen molar-refractivity contribution in [3.05, 3.63) is 35.5 Å². The van der Waals surface area contributed by atoms with Gasteiger partial charge in [-0.25, -0.2) is 0 Å². The minimum atomic E-state index is -0.607. The van der Waals surface area contributed by atoms with Gasteiger partial charge in [0.05, 0.1) is 24.9 Å². The predicted molar refractivity (Wildman–Crippen MR) is 126 cm³/mol. The summed E-state index contributed by atoms with van der Waals surface area (Å²) in [6.07, 6.45) is 11.4. The first-order valence-electron chi connectivity index (χ1n) is 12.5. The fourth-order valence-corrected chi connectivity index (χ4v) is 7.23. The Morgan fingerprint density at radius 2 is 1.97 bits per heavy atom. The van der Waals surface area contributed by atoms with Crippen LogP contribution in [0.25, 0.3) is 0 Å². The average Bonchev–Trinajstić information content (AvgIpc) is 3.08. The lowest BCUT2D eigenvalue weighted by Gasteiger charge is -2.45. The molecule has 4 rings (SSSR count). The van der Waals surface area contributed by atoms with E-state index in [0.717, 1.165) is 31.2 Å². The van der Waals surface area contributed by atoms with Gasteiger partial charge in [0.2, 0.25) is 0 Å². The van der Waals surface area contributed by atoms with Crippen LogP contribution in [-0.4, -0.2) is 59.7 Å². The molecule has 4 aliphatic rings. The second-order valence-electron chi connectivity index (χ2n) is 11.1. The van der Waals surface area contributed by atoms with Crippen LogP contribution in [0.1, 0.15) is 65.7 Å². The number of hydrogen-bond donors (Lipinski definition) is 2. The van der Waals surface area contributed by atoms with Gasteiger partial charge < -0.3 is 14.9 Å². The average molecular weight is 430 g/mol. The molecule has 1 saturated heterocycles. The normalized spacial score (nSPS) is 42.0. The van der Waals surface area contributed by atoms with Gasteiger partial charge >= 0.3 is 0 Å². The Labute approximate surface area is 189 Å². The Balaban J connectivity index is 1.44. The molecule has 0 aromatic carbocycles. The van der Waals surface area contributed by atoms with Crippen molar-refractivity contribution in [3.8, 4) is 0 Å². The maximum absolute atomic E-state index is 10.2. The van der Waals surface area contributed by atoms with Gasteiger partial charge in [0.1, 0.15) is 0 Å². The number of allylic oxidation sites excluding steroid dienone is 3. The lowest BCUT2D eigenvalue weighted by atomic mass is 9.61. The molecule has 0 spiro atoms. The molecule has 174 valence electrons. The zero-order valence-electron chi connectivity index (χ0n) is 19.9. The first-order valence-corrected chi connectivity index (χ1v) is 12.5. The second kappa shape index (κ2) is 9.51. The first kappa shape index (κ1) is 23.2. The highest BCUT2D eigenvalue weighted by Crippen LogP contribution is 2.59. The van der Waals surface area contributed by atoms with Crippen LogP contribution in [0.4, 0.5) is 0 Å². The summed E-state index contributed by atoms with van der Waals surface area (Å²) in [6, 6.07) is 0. The lowest BCUT2D eigenvalue weighted by Crippen LogP contribution is -2.45. The molecule has 0 aromatic rings. The Bertz CT molecular complexity index is 712. The van der Waals surface area contributed by atoms with E-state index < -0.39 is 12.2 Å². The number of morpholine rings is 1. The van der Waals surface area contributed by atoms with Crippen molar-refractivity contribution in [3.63, 3.8) is 0 Å². The van der Waals surface area contributed by atoms with Crippen LogP contribution in [0.2, 0.25) is 0 Å². The summed E-state index contributed by atoms with van der Waals surface area (Å²) in [5.41, 5.74) is 3.72. The molecule has 4 fully saturated rings. The first-order chi connectivity index (χ1) is 14.8. The van der Waals surface area contributed by atoms with E-state index in [2.05, 4.69) is 44.4 Å². The third kappa shape index (κ3) is 4.88. The minimum absolute atomic E-state index is 0.360. The van der Waals surface area contributed by atoms with E-state index in [1.165, 1.54) is 38.6 Å². The lowest BCUT2D eigenvalue weighted by molar-refractivity contribution is -0.0298. The van der Waals surface area contributed by atoms with Crippen LogP contribution in [0.5, 0.6) is 0 Å². The summed E-state index contributed by atoms with van der Waals surface area (Å²) in [6.45, 7) is 15.3. The molecule has 0 radical (unpaired) electrons. The Kier molecular flexibility index (Phi) is 7.12. The van der Waals surface area contributed by atoms with Gasteiger partial charge in [-0.15, -0.1) is 0 Å². The number of rotatable bonds is 4. The molecule has 7 atom stereocenters. The quantitative estimate of drug-likeness (QED) is 0.647. The van der Waals surface area contributed by atoms with E-state index in [1.54, 1.807) is 5.57 Å². The molecule has 4 heteroatoms. The van der Waals surface area contributed by atoms with E-state index in [-0.39, 0.29) is 0 Å². The van der Waals surface area contributed by atoms with Gasteiger partial charge in [0, 0.05) is 19.6 Å². The standard InChI is InChI=1S/C27H43NO3/c1-18(16-28-12-13-31-19(2)17-28)23-9-10-24-22(6-5-11-27(23,24)4)8-7-21-14-25(29)20(3)26(30)15-21/h7-8,18-19,23-26,29-30H,3,5-6,9-17H2,1-2,4H3/b22-8+/t18?,19-,23-,24+,25-,26-,27-/m1/s1. The monoisotopic (exact) mass is 429 g/mol. The van der Waals surface area contributed by atoms with Crippen LogP contribution in [-0.2, 0) is 4.74 Å². The molecule has 0 aromatic heterocycles. The maximum atomic E-state index is 10.2. The van der Waals surface area contributed by atoms with Crippen molar-refractivity contribution in [2.75, 3.05) is 26.2 Å². The Hall–Kier alpha value is -0.940. The van der Waals surface area contributed by atoms with Crippen molar-refractivity contribution in [2.45, 2.75) is 84.0 Å². The van der Waals surface area contributed by atoms with Gasteiger partial charge in [0.25, 0.3) is 0 Å². The number of hydrogen-bond acceptors (Lipinski definition) is 4. The summed E-state index contributed by atoms with van der Waals surface area (Å²) in [4.78, 5) is 2.62. The molecule has 3 saturated carbocycles. The summed E-state index contributed by atoms with van der Waals surface area (Å²) >= 11 is 0. The van der Waals surface area contributed by atoms with Crippen molar-refractivity contribution in [1.29, 1.82) is 0 Å². The van der Waals surface area contributed by atoms with E-state index in [0.29, 0.717) is 41.8 Å². The summed E-state index contributed by atoms with van der Waals surface area (Å²) in [5.74, 6) is 2.18. The zero-order valence-corrected chi connectivity index (χ0v) is 19.9. The third-order valence-corrected chi connectivity index (χ3v) is 8.90. The highest BCUT2D eigenvalue weighted by molar-refractivity contribution is 5.29. The number of aliphatic hydroxyl groups is 2. The third-order valence-electron chi connectivity index (χ3n) is 8.90. The number of nitrogens with zero attached hydrogens (tertiary/aromatic N) is 1. The van der Waals surface area contributed by atoms with Gasteiger partial charge in [-0.2, -0.15) is 0 Å². The van der Waals surface area contributed by atoms with Crippen LogP contribution < -0.4 is 0 Å². The predicted octanol–water partition coefficient (Wildman–Crippen LogP) is 4.48. The molecule has 1 unspecified atom stereocenters. The topological polar surface area (TPSA) is 52.9 Å². The fourth-order valence-electron chi connectivity index (χ4n) is 7.23. The fraction of sp³-hybridized carbons (Fsp3) is 0.778. The van der Waals surface area contributed by atoms with Gasteiger partial charge in [0.15, 0.2) is 0 Å². The Morgan fingerprint density at radius 1 is 1.23 bits per heavy atom. The molecule has 31 heavy (non-hydrogen) atoms. The molecule has 2 N–H and O–H groups in total. The van der Waals surface area contributed by atoms with Crippen molar-refractivity contribution in [2.24, 2.45) is 23.2 Å². The minimum Gasteiger partial charge on any atom is -0.388 e. The molecular weight excluding hydrogens is 386 g/mol. The number of fused-ring (bicyclic) bond motifs is 1. The van der Waals surface area contributed by atoms with E-state index in [9.17, 15) is 10.2 Å². The molecule has 4 nitrogen and oxygen atoms in total. The molecule has 1 heterocycles. The largest absolute Gasteiger partial charge is 0.388 e. The smallest absolute Gasteiger partial charge is 0.0809 e. The number of aliphatic hydroxyl groups excluding tert-OH is 2. The van der Waals surface area contributed by atoms with Gasteiger partial charge in [-0.3, -0.25) is 4.90 Å². The SMILES string of the molecule is C=C1[C@H](O)CC(=C/C=C2\CCC[C@]3(C)[C@@H](C(C)CN4CCO[C@H](C)C4)CC[C@@H]23)C[C@H]1O. The van der Waals surface area contributed by atoms with Crippen LogP contribution in [0.3, 0.4) is 0 Å². The highest BCUT2D eigenvalue weighted by Gasteiger charge is 2.50. The van der Waals surface area contributed by atoms with Gasteiger partial charge in [-0.1, -0.05) is 43.7 Å². The van der Waals surface area contributed by atoms with Crippen molar-refractivity contribution >= 4 is 0 Å². The Morgan fingerprint density at radius 3 is 2.68 bits per heavy atom. The molecular formula is C27H43NO3. The van der Waals surface area contributed by atoms with Crippen LogP contribution >= 0.6 is 0 Å². The summed E-state index contributed by atoms with van der Waals surface area (Å²) < 4.78 is 5.74. The van der Waals surface area contributed by atoms with E-state index in [1.807, 2.05) is 0 Å². The van der Waals surface area contributed by atoms with Crippen molar-refractivity contribution < 1.29 is 14.9 Å². The van der Waals surface area contributed by atoms with Crippen molar-refractivity contribution in [1.82, 2.24) is 4.90 Å². The maximum Gasteiger partial charge on any atom is 0.0809 e. The van der Waals surface area contributed by atoms with Crippen LogP contribution in [0, 0.1) is 23.2 Å². The van der Waals surface area contributed by atoms with Gasteiger partial charge in [-0.05, 0) is 80.6 Å². The molecule has 0 bridgehead atoms.